The Balaban J connectivity index is -0.000000235. The van der Waals surface area contributed by atoms with Gasteiger partial charge in [0, 0.05) is 39.3 Å². The summed E-state index contributed by atoms with van der Waals surface area (Å²) in [5, 5.41) is 16.8. The summed E-state index contributed by atoms with van der Waals surface area (Å²) in [6.45, 7) is 44.1. The molecule has 0 saturated heterocycles. The van der Waals surface area contributed by atoms with Crippen LogP contribution in [0.25, 0.3) is 0 Å². The van der Waals surface area contributed by atoms with Crippen LogP contribution in [0.4, 0.5) is 0 Å². The standard InChI is InChI=1S/2C12H27N.2C6H12O2/c2*1-10(2)7-13(8-11(3)4)9-12(5)6;1-4-6(2,3)5(7)8;1-3-4-5(2)6(7)8/h2*10-12H,7-9H2,1-6H3;4H2,1-3H3,(H,7,8);5H,3-4H2,1-2H3,(H,7,8). The highest BCUT2D eigenvalue weighted by Gasteiger charge is 2.23. The van der Waals surface area contributed by atoms with Gasteiger partial charge in [0.05, 0.1) is 11.3 Å². The van der Waals surface area contributed by atoms with E-state index in [0.717, 1.165) is 48.3 Å². The molecule has 0 amide bonds. The molecule has 256 valence electrons. The Labute approximate surface area is 264 Å². The molecular weight excluding hydrogens is 524 g/mol. The molecule has 6 nitrogen and oxygen atoms in total. The zero-order chi connectivity index (χ0) is 34.2. The van der Waals surface area contributed by atoms with E-state index in [0.29, 0.717) is 6.42 Å². The molecule has 0 aromatic rings. The van der Waals surface area contributed by atoms with E-state index in [4.69, 9.17) is 10.2 Å². The van der Waals surface area contributed by atoms with E-state index < -0.39 is 17.4 Å². The molecule has 0 aliphatic carbocycles. The third-order valence-electron chi connectivity index (χ3n) is 6.35. The molecule has 0 aromatic heterocycles. The number of aliphatic carboxylic acids is 2. The summed E-state index contributed by atoms with van der Waals surface area (Å²) in [5.74, 6) is 3.16. The molecule has 0 aromatic carbocycles. The summed E-state index contributed by atoms with van der Waals surface area (Å²) >= 11 is 0. The number of hydrogen-bond acceptors (Lipinski definition) is 4. The quantitative estimate of drug-likeness (QED) is 0.173. The minimum atomic E-state index is -0.722. The fourth-order valence-corrected chi connectivity index (χ4v) is 4.25. The van der Waals surface area contributed by atoms with Crippen molar-refractivity contribution in [3.05, 3.63) is 0 Å². The second kappa shape index (κ2) is 27.4. The monoisotopic (exact) mass is 603 g/mol. The second-order valence-electron chi connectivity index (χ2n) is 15.4. The molecule has 6 heteroatoms. The van der Waals surface area contributed by atoms with Gasteiger partial charge >= 0.3 is 11.9 Å². The molecular formula is C36H78N2O4. The van der Waals surface area contributed by atoms with Gasteiger partial charge in [-0.2, -0.15) is 0 Å². The Morgan fingerprint density at radius 3 is 0.857 bits per heavy atom. The molecule has 0 aliphatic rings. The number of carboxylic acid groups (broad SMARTS) is 2. The summed E-state index contributed by atoms with van der Waals surface area (Å²) in [6.07, 6.45) is 2.42. The molecule has 0 heterocycles. The first-order valence-electron chi connectivity index (χ1n) is 16.9. The van der Waals surface area contributed by atoms with Crippen LogP contribution in [-0.4, -0.2) is 71.2 Å². The molecule has 1 atom stereocenters. The summed E-state index contributed by atoms with van der Waals surface area (Å²) in [5.41, 5.74) is -0.542. The normalized spacial score (nSPS) is 12.4. The van der Waals surface area contributed by atoms with Crippen LogP contribution in [0.3, 0.4) is 0 Å². The largest absolute Gasteiger partial charge is 0.481 e. The van der Waals surface area contributed by atoms with E-state index in [2.05, 4.69) is 92.9 Å². The SMILES string of the molecule is CC(C)CN(CC(C)C)CC(C)C.CC(C)CN(CC(C)C)CC(C)C.CCC(C)(C)C(=O)O.CCCC(C)C(=O)O. The van der Waals surface area contributed by atoms with Gasteiger partial charge in [0.25, 0.3) is 0 Å². The van der Waals surface area contributed by atoms with E-state index in [-0.39, 0.29) is 5.92 Å². The Morgan fingerprint density at radius 2 is 0.786 bits per heavy atom. The van der Waals surface area contributed by atoms with Crippen molar-refractivity contribution in [3.63, 3.8) is 0 Å². The van der Waals surface area contributed by atoms with E-state index in [1.165, 1.54) is 39.3 Å². The molecule has 0 saturated carbocycles. The molecule has 42 heavy (non-hydrogen) atoms. The first-order valence-corrected chi connectivity index (χ1v) is 16.9. The molecule has 0 spiro atoms. The van der Waals surface area contributed by atoms with Gasteiger partial charge in [0.1, 0.15) is 0 Å². The lowest BCUT2D eigenvalue weighted by atomic mass is 9.91. The summed E-state index contributed by atoms with van der Waals surface area (Å²) < 4.78 is 0. The summed E-state index contributed by atoms with van der Waals surface area (Å²) in [4.78, 5) is 25.5. The zero-order valence-corrected chi connectivity index (χ0v) is 31.5. The van der Waals surface area contributed by atoms with Crippen molar-refractivity contribution in [1.82, 2.24) is 9.80 Å². The van der Waals surface area contributed by atoms with Gasteiger partial charge in [0.15, 0.2) is 0 Å². The Kier molecular flexibility index (Phi) is 31.2. The first-order chi connectivity index (χ1) is 19.0. The van der Waals surface area contributed by atoms with Gasteiger partial charge in [-0.3, -0.25) is 9.59 Å². The van der Waals surface area contributed by atoms with Crippen molar-refractivity contribution in [2.45, 2.75) is 137 Å². The average Bonchev–Trinajstić information content (AvgIpc) is 2.77. The van der Waals surface area contributed by atoms with Crippen molar-refractivity contribution in [2.24, 2.45) is 46.8 Å². The predicted molar refractivity (Wildman–Crippen MR) is 185 cm³/mol. The van der Waals surface area contributed by atoms with Gasteiger partial charge in [-0.15, -0.1) is 0 Å². The Morgan fingerprint density at radius 1 is 0.548 bits per heavy atom. The molecule has 0 aliphatic heterocycles. The van der Waals surface area contributed by atoms with Crippen molar-refractivity contribution >= 4 is 11.9 Å². The van der Waals surface area contributed by atoms with E-state index in [9.17, 15) is 9.59 Å². The Bertz CT molecular complexity index is 550. The van der Waals surface area contributed by atoms with Crippen LogP contribution in [-0.2, 0) is 9.59 Å². The predicted octanol–water partition coefficient (Wildman–Crippen LogP) is 9.53. The average molecular weight is 603 g/mol. The molecule has 1 unspecified atom stereocenters. The minimum Gasteiger partial charge on any atom is -0.481 e. The summed E-state index contributed by atoms with van der Waals surface area (Å²) in [6, 6.07) is 0. The van der Waals surface area contributed by atoms with Gasteiger partial charge in [-0.05, 0) is 62.2 Å². The highest BCUT2D eigenvalue weighted by Crippen LogP contribution is 2.18. The third kappa shape index (κ3) is 36.9. The van der Waals surface area contributed by atoms with Crippen molar-refractivity contribution < 1.29 is 19.8 Å². The van der Waals surface area contributed by atoms with E-state index in [1.807, 2.05) is 13.8 Å². The zero-order valence-electron chi connectivity index (χ0n) is 31.5. The number of rotatable bonds is 17. The lowest BCUT2D eigenvalue weighted by Crippen LogP contribution is -2.34. The molecule has 0 bridgehead atoms. The van der Waals surface area contributed by atoms with Gasteiger partial charge < -0.3 is 20.0 Å². The van der Waals surface area contributed by atoms with Gasteiger partial charge in [-0.1, -0.05) is 110 Å². The highest BCUT2D eigenvalue weighted by molar-refractivity contribution is 5.73. The van der Waals surface area contributed by atoms with Crippen molar-refractivity contribution in [1.29, 1.82) is 0 Å². The highest BCUT2D eigenvalue weighted by atomic mass is 16.4. The van der Waals surface area contributed by atoms with Crippen LogP contribution in [0.15, 0.2) is 0 Å². The summed E-state index contributed by atoms with van der Waals surface area (Å²) in [7, 11) is 0. The Hall–Kier alpha value is -1.14. The molecule has 0 rings (SSSR count). The number of nitrogens with zero attached hydrogens (tertiary/aromatic N) is 2. The lowest BCUT2D eigenvalue weighted by molar-refractivity contribution is -0.147. The fraction of sp³-hybridized carbons (Fsp3) is 0.944. The van der Waals surface area contributed by atoms with Crippen LogP contribution in [0.1, 0.15) is 137 Å². The maximum atomic E-state index is 10.3. The van der Waals surface area contributed by atoms with E-state index >= 15 is 0 Å². The number of carbonyl (C=O) groups is 2. The topological polar surface area (TPSA) is 81.1 Å². The first kappa shape index (κ1) is 47.8. The van der Waals surface area contributed by atoms with Crippen molar-refractivity contribution in [3.8, 4) is 0 Å². The van der Waals surface area contributed by atoms with Crippen LogP contribution in [0.5, 0.6) is 0 Å². The number of carboxylic acids is 2. The number of hydrogen-bond donors (Lipinski definition) is 2. The van der Waals surface area contributed by atoms with Crippen LogP contribution < -0.4 is 0 Å². The maximum absolute atomic E-state index is 10.3. The van der Waals surface area contributed by atoms with Crippen LogP contribution >= 0.6 is 0 Å². The van der Waals surface area contributed by atoms with Crippen molar-refractivity contribution in [2.75, 3.05) is 39.3 Å². The minimum absolute atomic E-state index is 0.167. The second-order valence-corrected chi connectivity index (χ2v) is 15.4. The van der Waals surface area contributed by atoms with Gasteiger partial charge in [-0.25, -0.2) is 0 Å². The third-order valence-corrected chi connectivity index (χ3v) is 6.35. The maximum Gasteiger partial charge on any atom is 0.309 e. The smallest absolute Gasteiger partial charge is 0.309 e. The van der Waals surface area contributed by atoms with Crippen LogP contribution in [0.2, 0.25) is 0 Å². The lowest BCUT2D eigenvalue weighted by Gasteiger charge is -2.27. The fourth-order valence-electron chi connectivity index (χ4n) is 4.25. The van der Waals surface area contributed by atoms with Crippen LogP contribution in [0, 0.1) is 46.8 Å². The molecule has 0 fully saturated rings. The van der Waals surface area contributed by atoms with E-state index in [1.54, 1.807) is 20.8 Å². The van der Waals surface area contributed by atoms with Gasteiger partial charge in [0.2, 0.25) is 0 Å². The molecule has 2 N–H and O–H groups in total. The molecule has 0 radical (unpaired) electrons.